The van der Waals surface area contributed by atoms with Crippen molar-refractivity contribution < 1.29 is 9.84 Å². The molecule has 4 heteroatoms. The number of aliphatic hydroxyl groups is 1. The smallest absolute Gasteiger partial charge is 0.133 e. The van der Waals surface area contributed by atoms with Gasteiger partial charge in [-0.2, -0.15) is 0 Å². The first kappa shape index (κ1) is 16.5. The summed E-state index contributed by atoms with van der Waals surface area (Å²) in [5, 5.41) is 13.4. The molecular formula is C15H24BrNO2. The van der Waals surface area contributed by atoms with Gasteiger partial charge in [0, 0.05) is 6.54 Å². The van der Waals surface area contributed by atoms with E-state index >= 15 is 0 Å². The molecule has 108 valence electrons. The van der Waals surface area contributed by atoms with Gasteiger partial charge in [0.2, 0.25) is 0 Å². The lowest BCUT2D eigenvalue weighted by Crippen LogP contribution is -2.37. The van der Waals surface area contributed by atoms with E-state index in [1.165, 1.54) is 5.56 Å². The molecule has 1 aromatic carbocycles. The molecule has 0 heterocycles. The SMILES string of the molecule is CCNCc1ccc(OCC(C)(O)C(C)C)c(Br)c1. The van der Waals surface area contributed by atoms with Crippen LogP contribution >= 0.6 is 15.9 Å². The topological polar surface area (TPSA) is 41.5 Å². The fraction of sp³-hybridized carbons (Fsp3) is 0.600. The average Bonchev–Trinajstić information content (AvgIpc) is 2.35. The lowest BCUT2D eigenvalue weighted by atomic mass is 9.94. The van der Waals surface area contributed by atoms with Crippen LogP contribution in [0, 0.1) is 5.92 Å². The standard InChI is InChI=1S/C15H24BrNO2/c1-5-17-9-12-6-7-14(13(16)8-12)19-10-15(4,18)11(2)3/h6-8,11,17-18H,5,9-10H2,1-4H3. The van der Waals surface area contributed by atoms with Crippen molar-refractivity contribution in [2.24, 2.45) is 5.92 Å². The minimum absolute atomic E-state index is 0.152. The van der Waals surface area contributed by atoms with Gasteiger partial charge in [0.25, 0.3) is 0 Å². The lowest BCUT2D eigenvalue weighted by Gasteiger charge is -2.27. The van der Waals surface area contributed by atoms with Gasteiger partial charge in [-0.15, -0.1) is 0 Å². The molecule has 3 nitrogen and oxygen atoms in total. The third-order valence-electron chi connectivity index (χ3n) is 3.34. The van der Waals surface area contributed by atoms with Gasteiger partial charge in [-0.25, -0.2) is 0 Å². The van der Waals surface area contributed by atoms with Crippen LogP contribution in [0.2, 0.25) is 0 Å². The Labute approximate surface area is 124 Å². The third kappa shape index (κ3) is 5.13. The van der Waals surface area contributed by atoms with E-state index in [1.807, 2.05) is 32.0 Å². The lowest BCUT2D eigenvalue weighted by molar-refractivity contribution is -0.0268. The van der Waals surface area contributed by atoms with E-state index in [4.69, 9.17) is 4.74 Å². The normalized spacial score (nSPS) is 14.5. The fourth-order valence-electron chi connectivity index (χ4n) is 1.43. The summed E-state index contributed by atoms with van der Waals surface area (Å²) in [6.07, 6.45) is 0. The summed E-state index contributed by atoms with van der Waals surface area (Å²) in [5.41, 5.74) is 0.388. The number of nitrogens with one attached hydrogen (secondary N) is 1. The van der Waals surface area contributed by atoms with E-state index in [9.17, 15) is 5.11 Å². The van der Waals surface area contributed by atoms with Crippen molar-refractivity contribution >= 4 is 15.9 Å². The molecule has 1 atom stereocenters. The van der Waals surface area contributed by atoms with E-state index in [0.29, 0.717) is 0 Å². The van der Waals surface area contributed by atoms with Crippen molar-refractivity contribution in [3.8, 4) is 5.75 Å². The Hall–Kier alpha value is -0.580. The van der Waals surface area contributed by atoms with Crippen LogP contribution in [-0.4, -0.2) is 23.9 Å². The summed E-state index contributed by atoms with van der Waals surface area (Å²) >= 11 is 3.51. The summed E-state index contributed by atoms with van der Waals surface area (Å²) in [7, 11) is 0. The molecule has 0 amide bonds. The van der Waals surface area contributed by atoms with E-state index < -0.39 is 5.60 Å². The molecule has 0 aromatic heterocycles. The Morgan fingerprint density at radius 3 is 2.63 bits per heavy atom. The Bertz CT molecular complexity index is 405. The van der Waals surface area contributed by atoms with Crippen molar-refractivity contribution in [1.29, 1.82) is 0 Å². The van der Waals surface area contributed by atoms with Crippen LogP contribution in [0.1, 0.15) is 33.3 Å². The molecule has 2 N–H and O–H groups in total. The number of rotatable bonds is 7. The van der Waals surface area contributed by atoms with E-state index in [0.717, 1.165) is 23.3 Å². The summed E-state index contributed by atoms with van der Waals surface area (Å²) in [4.78, 5) is 0. The Kier molecular flexibility index (Phi) is 6.30. The fourth-order valence-corrected chi connectivity index (χ4v) is 1.97. The largest absolute Gasteiger partial charge is 0.489 e. The van der Waals surface area contributed by atoms with Gasteiger partial charge in [0.05, 0.1) is 10.1 Å². The van der Waals surface area contributed by atoms with E-state index in [2.05, 4.69) is 28.2 Å². The Morgan fingerprint density at radius 2 is 2.11 bits per heavy atom. The summed E-state index contributed by atoms with van der Waals surface area (Å²) in [5.74, 6) is 0.917. The van der Waals surface area contributed by atoms with Gasteiger partial charge in [-0.05, 0) is 53.0 Å². The van der Waals surface area contributed by atoms with Crippen LogP contribution in [0.15, 0.2) is 22.7 Å². The predicted molar refractivity (Wildman–Crippen MR) is 82.5 cm³/mol. The summed E-state index contributed by atoms with van der Waals surface area (Å²) in [6, 6.07) is 6.02. The second kappa shape index (κ2) is 7.27. The van der Waals surface area contributed by atoms with Gasteiger partial charge in [-0.1, -0.05) is 26.8 Å². The summed E-state index contributed by atoms with van der Waals surface area (Å²) in [6.45, 7) is 9.93. The van der Waals surface area contributed by atoms with Gasteiger partial charge in [0.1, 0.15) is 12.4 Å². The molecule has 0 spiro atoms. The highest BCUT2D eigenvalue weighted by molar-refractivity contribution is 9.10. The maximum absolute atomic E-state index is 10.2. The van der Waals surface area contributed by atoms with Gasteiger partial charge in [0.15, 0.2) is 0 Å². The van der Waals surface area contributed by atoms with E-state index in [1.54, 1.807) is 6.92 Å². The maximum Gasteiger partial charge on any atom is 0.133 e. The van der Waals surface area contributed by atoms with Crippen molar-refractivity contribution in [2.75, 3.05) is 13.2 Å². The first-order chi connectivity index (χ1) is 8.86. The highest BCUT2D eigenvalue weighted by Gasteiger charge is 2.26. The molecule has 1 rings (SSSR count). The minimum Gasteiger partial charge on any atom is -0.489 e. The second-order valence-electron chi connectivity index (χ2n) is 5.35. The van der Waals surface area contributed by atoms with Crippen LogP contribution in [0.25, 0.3) is 0 Å². The molecule has 0 aliphatic rings. The third-order valence-corrected chi connectivity index (χ3v) is 3.96. The van der Waals surface area contributed by atoms with Crippen LogP contribution in [0.5, 0.6) is 5.75 Å². The Balaban J connectivity index is 2.65. The van der Waals surface area contributed by atoms with Gasteiger partial charge in [-0.3, -0.25) is 0 Å². The number of ether oxygens (including phenoxy) is 1. The molecule has 0 radical (unpaired) electrons. The molecule has 19 heavy (non-hydrogen) atoms. The minimum atomic E-state index is -0.818. The summed E-state index contributed by atoms with van der Waals surface area (Å²) < 4.78 is 6.62. The number of benzene rings is 1. The molecular weight excluding hydrogens is 306 g/mol. The zero-order chi connectivity index (χ0) is 14.5. The van der Waals surface area contributed by atoms with Crippen molar-refractivity contribution in [1.82, 2.24) is 5.32 Å². The maximum atomic E-state index is 10.2. The Morgan fingerprint density at radius 1 is 1.42 bits per heavy atom. The molecule has 0 fully saturated rings. The first-order valence-electron chi connectivity index (χ1n) is 6.71. The highest BCUT2D eigenvalue weighted by Crippen LogP contribution is 2.27. The second-order valence-corrected chi connectivity index (χ2v) is 6.20. The molecule has 0 bridgehead atoms. The number of hydrogen-bond acceptors (Lipinski definition) is 3. The van der Waals surface area contributed by atoms with Crippen molar-refractivity contribution in [3.05, 3.63) is 28.2 Å². The quantitative estimate of drug-likeness (QED) is 0.806. The highest BCUT2D eigenvalue weighted by atomic mass is 79.9. The van der Waals surface area contributed by atoms with Crippen molar-refractivity contribution in [3.63, 3.8) is 0 Å². The predicted octanol–water partition coefficient (Wildman–Crippen LogP) is 3.34. The molecule has 0 aliphatic carbocycles. The molecule has 0 saturated heterocycles. The number of halogens is 1. The zero-order valence-corrected chi connectivity index (χ0v) is 13.8. The van der Waals surface area contributed by atoms with Crippen molar-refractivity contribution in [2.45, 2.75) is 39.8 Å². The average molecular weight is 330 g/mol. The zero-order valence-electron chi connectivity index (χ0n) is 12.2. The van der Waals surface area contributed by atoms with Crippen LogP contribution in [0.4, 0.5) is 0 Å². The monoisotopic (exact) mass is 329 g/mol. The molecule has 0 aliphatic heterocycles. The molecule has 0 saturated carbocycles. The van der Waals surface area contributed by atoms with E-state index in [-0.39, 0.29) is 12.5 Å². The number of hydrogen-bond donors (Lipinski definition) is 2. The van der Waals surface area contributed by atoms with Crippen LogP contribution in [-0.2, 0) is 6.54 Å². The molecule has 1 unspecified atom stereocenters. The van der Waals surface area contributed by atoms with Crippen LogP contribution in [0.3, 0.4) is 0 Å². The first-order valence-corrected chi connectivity index (χ1v) is 7.50. The van der Waals surface area contributed by atoms with Gasteiger partial charge >= 0.3 is 0 Å². The van der Waals surface area contributed by atoms with Crippen LogP contribution < -0.4 is 10.1 Å². The molecule has 1 aromatic rings. The van der Waals surface area contributed by atoms with Gasteiger partial charge < -0.3 is 15.2 Å².